The van der Waals surface area contributed by atoms with Gasteiger partial charge in [-0.1, -0.05) is 30.3 Å². The van der Waals surface area contributed by atoms with Crippen LogP contribution >= 0.6 is 0 Å². The minimum Gasteiger partial charge on any atom is -0.380 e. The molecule has 4 aromatic rings. The Morgan fingerprint density at radius 2 is 1.71 bits per heavy atom. The van der Waals surface area contributed by atoms with Crippen LogP contribution in [0.4, 0.5) is 0 Å². The van der Waals surface area contributed by atoms with Gasteiger partial charge < -0.3 is 9.30 Å². The molecule has 2 aromatic carbocycles. The van der Waals surface area contributed by atoms with E-state index in [0.717, 1.165) is 54.6 Å². The zero-order valence-corrected chi connectivity index (χ0v) is 16.6. The van der Waals surface area contributed by atoms with Crippen LogP contribution in [0.25, 0.3) is 21.8 Å². The molecule has 0 amide bonds. The van der Waals surface area contributed by atoms with Gasteiger partial charge in [0.1, 0.15) is 11.6 Å². The molecule has 0 atom stereocenters. The van der Waals surface area contributed by atoms with Crippen molar-refractivity contribution < 1.29 is 4.74 Å². The molecule has 142 valence electrons. The highest BCUT2D eigenvalue weighted by Crippen LogP contribution is 2.29. The van der Waals surface area contributed by atoms with E-state index in [4.69, 9.17) is 19.7 Å². The highest BCUT2D eigenvalue weighted by atomic mass is 16.5. The summed E-state index contributed by atoms with van der Waals surface area (Å²) in [7, 11) is 2.09. The standard InChI is InChI=1S/C23H24N4O/c1-14-22(17-12-28-13-17)15(2)25-20(24-14)10-11-21-26-23-18-7-5-4-6-16(18)8-9-19(23)27(21)3/h4-9,17H,10-13H2,1-3H3. The maximum absolute atomic E-state index is 5.34. The van der Waals surface area contributed by atoms with E-state index in [2.05, 4.69) is 61.9 Å². The van der Waals surface area contributed by atoms with Crippen LogP contribution in [0.2, 0.25) is 0 Å². The third kappa shape index (κ3) is 2.78. The zero-order chi connectivity index (χ0) is 19.3. The van der Waals surface area contributed by atoms with Crippen LogP contribution in [0.5, 0.6) is 0 Å². The van der Waals surface area contributed by atoms with Crippen molar-refractivity contribution in [2.24, 2.45) is 7.05 Å². The number of benzene rings is 2. The number of hydrogen-bond acceptors (Lipinski definition) is 4. The molecule has 0 bridgehead atoms. The normalized spacial score (nSPS) is 14.7. The number of fused-ring (bicyclic) bond motifs is 3. The monoisotopic (exact) mass is 372 g/mol. The molecule has 0 aliphatic carbocycles. The molecule has 0 saturated carbocycles. The van der Waals surface area contributed by atoms with Gasteiger partial charge in [0.15, 0.2) is 0 Å². The number of aryl methyl sites for hydroxylation is 5. The van der Waals surface area contributed by atoms with Crippen LogP contribution in [0.15, 0.2) is 36.4 Å². The van der Waals surface area contributed by atoms with Crippen LogP contribution in [-0.2, 0) is 24.6 Å². The summed E-state index contributed by atoms with van der Waals surface area (Å²) >= 11 is 0. The fourth-order valence-corrected chi connectivity index (χ4v) is 4.32. The maximum Gasteiger partial charge on any atom is 0.129 e. The van der Waals surface area contributed by atoms with Crippen LogP contribution in [0.3, 0.4) is 0 Å². The average Bonchev–Trinajstić information content (AvgIpc) is 2.98. The highest BCUT2D eigenvalue weighted by molar-refractivity contribution is 6.04. The number of rotatable bonds is 4. The van der Waals surface area contributed by atoms with Crippen molar-refractivity contribution in [3.8, 4) is 0 Å². The van der Waals surface area contributed by atoms with E-state index in [0.29, 0.717) is 5.92 Å². The Kier molecular flexibility index (Phi) is 4.13. The summed E-state index contributed by atoms with van der Waals surface area (Å²) in [6, 6.07) is 12.8. The Bertz CT molecular complexity index is 1170. The SMILES string of the molecule is Cc1nc(CCc2nc3c4ccccc4ccc3n2C)nc(C)c1C1COC1. The molecule has 5 heteroatoms. The molecule has 5 rings (SSSR count). The van der Waals surface area contributed by atoms with Crippen molar-refractivity contribution in [3.05, 3.63) is 65.0 Å². The second-order valence-electron chi connectivity index (χ2n) is 7.70. The molecule has 0 unspecified atom stereocenters. The molecule has 0 N–H and O–H groups in total. The third-order valence-electron chi connectivity index (χ3n) is 5.86. The quantitative estimate of drug-likeness (QED) is 0.543. The lowest BCUT2D eigenvalue weighted by Crippen LogP contribution is -2.27. The van der Waals surface area contributed by atoms with Crippen molar-refractivity contribution in [1.82, 2.24) is 19.5 Å². The summed E-state index contributed by atoms with van der Waals surface area (Å²) in [5.41, 5.74) is 5.69. The predicted molar refractivity (Wildman–Crippen MR) is 111 cm³/mol. The number of ether oxygens (including phenoxy) is 1. The van der Waals surface area contributed by atoms with E-state index in [-0.39, 0.29) is 0 Å². The summed E-state index contributed by atoms with van der Waals surface area (Å²) in [5.74, 6) is 2.43. The summed E-state index contributed by atoms with van der Waals surface area (Å²) in [4.78, 5) is 14.5. The van der Waals surface area contributed by atoms with Crippen LogP contribution in [-0.4, -0.2) is 32.7 Å². The first-order chi connectivity index (χ1) is 13.6. The Morgan fingerprint density at radius 1 is 0.964 bits per heavy atom. The second-order valence-corrected chi connectivity index (χ2v) is 7.70. The van der Waals surface area contributed by atoms with E-state index < -0.39 is 0 Å². The van der Waals surface area contributed by atoms with E-state index in [9.17, 15) is 0 Å². The number of imidazole rings is 1. The summed E-state index contributed by atoms with van der Waals surface area (Å²) in [5, 5.41) is 2.43. The molecule has 3 heterocycles. The van der Waals surface area contributed by atoms with Crippen LogP contribution < -0.4 is 0 Å². The largest absolute Gasteiger partial charge is 0.380 e. The van der Waals surface area contributed by atoms with Gasteiger partial charge in [-0.25, -0.2) is 15.0 Å². The van der Waals surface area contributed by atoms with Crippen LogP contribution in [0, 0.1) is 13.8 Å². The first-order valence-electron chi connectivity index (χ1n) is 9.86. The smallest absolute Gasteiger partial charge is 0.129 e. The Morgan fingerprint density at radius 3 is 2.43 bits per heavy atom. The lowest BCUT2D eigenvalue weighted by atomic mass is 9.95. The maximum atomic E-state index is 5.34. The predicted octanol–water partition coefficient (Wildman–Crippen LogP) is 4.03. The van der Waals surface area contributed by atoms with Crippen molar-refractivity contribution in [2.75, 3.05) is 13.2 Å². The Hall–Kier alpha value is -2.79. The highest BCUT2D eigenvalue weighted by Gasteiger charge is 2.25. The number of hydrogen-bond donors (Lipinski definition) is 0. The second kappa shape index (κ2) is 6.67. The first kappa shape index (κ1) is 17.3. The fraction of sp³-hybridized carbons (Fsp3) is 0.348. The molecule has 1 fully saturated rings. The molecule has 0 spiro atoms. The van der Waals surface area contributed by atoms with Gasteiger partial charge in [-0.05, 0) is 25.3 Å². The van der Waals surface area contributed by atoms with Gasteiger partial charge in [0.2, 0.25) is 0 Å². The van der Waals surface area contributed by atoms with Crippen molar-refractivity contribution in [1.29, 1.82) is 0 Å². The van der Waals surface area contributed by atoms with Gasteiger partial charge in [-0.3, -0.25) is 0 Å². The van der Waals surface area contributed by atoms with Gasteiger partial charge in [-0.15, -0.1) is 0 Å². The number of nitrogens with zero attached hydrogens (tertiary/aromatic N) is 4. The Balaban J connectivity index is 1.44. The minimum absolute atomic E-state index is 0.460. The third-order valence-corrected chi connectivity index (χ3v) is 5.86. The molecule has 1 aliphatic rings. The fourth-order valence-electron chi connectivity index (χ4n) is 4.32. The molecule has 28 heavy (non-hydrogen) atoms. The first-order valence-corrected chi connectivity index (χ1v) is 9.86. The van der Waals surface area contributed by atoms with E-state index in [1.54, 1.807) is 0 Å². The summed E-state index contributed by atoms with van der Waals surface area (Å²) in [6.07, 6.45) is 1.61. The van der Waals surface area contributed by atoms with E-state index >= 15 is 0 Å². The Labute approximate surface area is 164 Å². The van der Waals surface area contributed by atoms with E-state index in [1.807, 2.05) is 0 Å². The molecule has 5 nitrogen and oxygen atoms in total. The average molecular weight is 372 g/mol. The van der Waals surface area contributed by atoms with Crippen LogP contribution in [0.1, 0.15) is 34.5 Å². The lowest BCUT2D eigenvalue weighted by Gasteiger charge is -2.28. The lowest BCUT2D eigenvalue weighted by molar-refractivity contribution is 0.00756. The number of aromatic nitrogens is 4. The van der Waals surface area contributed by atoms with E-state index in [1.165, 1.54) is 21.9 Å². The van der Waals surface area contributed by atoms with Gasteiger partial charge in [0, 0.05) is 48.1 Å². The van der Waals surface area contributed by atoms with Crippen molar-refractivity contribution in [3.63, 3.8) is 0 Å². The van der Waals surface area contributed by atoms with Gasteiger partial charge in [0.05, 0.1) is 24.2 Å². The zero-order valence-electron chi connectivity index (χ0n) is 16.6. The molecular weight excluding hydrogens is 348 g/mol. The van der Waals surface area contributed by atoms with Crippen molar-refractivity contribution >= 4 is 21.8 Å². The van der Waals surface area contributed by atoms with Gasteiger partial charge in [0.25, 0.3) is 0 Å². The van der Waals surface area contributed by atoms with Gasteiger partial charge in [-0.2, -0.15) is 0 Å². The molecule has 2 aromatic heterocycles. The molecule has 1 aliphatic heterocycles. The summed E-state index contributed by atoms with van der Waals surface area (Å²) in [6.45, 7) is 5.76. The summed E-state index contributed by atoms with van der Waals surface area (Å²) < 4.78 is 7.54. The molecular formula is C23H24N4O. The molecule has 1 saturated heterocycles. The topological polar surface area (TPSA) is 52.8 Å². The minimum atomic E-state index is 0.460. The van der Waals surface area contributed by atoms with Gasteiger partial charge >= 0.3 is 0 Å². The molecule has 0 radical (unpaired) electrons. The van der Waals surface area contributed by atoms with Crippen molar-refractivity contribution in [2.45, 2.75) is 32.6 Å².